The molecule has 0 aliphatic carbocycles. The van der Waals surface area contributed by atoms with E-state index in [0.717, 1.165) is 6.42 Å². The molecule has 2 heterocycles. The third-order valence-electron chi connectivity index (χ3n) is 4.90. The van der Waals surface area contributed by atoms with Gasteiger partial charge in [-0.3, -0.25) is 4.79 Å². The monoisotopic (exact) mass is 464 g/mol. The van der Waals surface area contributed by atoms with E-state index < -0.39 is 23.3 Å². The lowest BCUT2D eigenvalue weighted by molar-refractivity contribution is -0.142. The van der Waals surface area contributed by atoms with E-state index in [1.54, 1.807) is 25.1 Å². The van der Waals surface area contributed by atoms with Crippen molar-refractivity contribution in [3.05, 3.63) is 51.0 Å². The number of carbonyl (C=O) groups excluding carboxylic acids is 3. The van der Waals surface area contributed by atoms with Gasteiger partial charge in [0.1, 0.15) is 16.7 Å². The van der Waals surface area contributed by atoms with Gasteiger partial charge >= 0.3 is 11.9 Å². The highest BCUT2D eigenvalue weighted by atomic mass is 79.9. The van der Waals surface area contributed by atoms with Crippen molar-refractivity contribution in [2.24, 2.45) is 5.73 Å². The maximum Gasteiger partial charge on any atom is 0.341 e. The minimum Gasteiger partial charge on any atom is -0.466 e. The number of benzene rings is 1. The normalized spacial score (nSPS) is 20.3. The summed E-state index contributed by atoms with van der Waals surface area (Å²) in [6, 6.07) is 4.91. The molecule has 0 bridgehead atoms. The Kier molecular flexibility index (Phi) is 5.70. The summed E-state index contributed by atoms with van der Waals surface area (Å²) in [7, 11) is 1.20. The molecule has 1 amide bonds. The summed E-state index contributed by atoms with van der Waals surface area (Å²) in [4.78, 5) is 39.1. The Morgan fingerprint density at radius 2 is 2.00 bits per heavy atom. The maximum atomic E-state index is 13.3. The largest absolute Gasteiger partial charge is 0.466 e. The van der Waals surface area contributed by atoms with Crippen molar-refractivity contribution in [2.75, 3.05) is 13.7 Å². The number of halogens is 1. The number of nitrogens with two attached hydrogens (primary N) is 1. The maximum absolute atomic E-state index is 13.3. The summed E-state index contributed by atoms with van der Waals surface area (Å²) in [6.45, 7) is 3.65. The number of ether oxygens (including phenoxy) is 3. The van der Waals surface area contributed by atoms with Gasteiger partial charge in [-0.25, -0.2) is 9.59 Å². The molecule has 0 aromatic heterocycles. The summed E-state index contributed by atoms with van der Waals surface area (Å²) >= 11 is 3.37. The zero-order valence-electron chi connectivity index (χ0n) is 16.3. The van der Waals surface area contributed by atoms with E-state index in [9.17, 15) is 14.4 Å². The molecule has 0 fully saturated rings. The van der Waals surface area contributed by atoms with E-state index in [1.165, 1.54) is 7.11 Å². The van der Waals surface area contributed by atoms with Crippen LogP contribution in [0.5, 0.6) is 5.75 Å². The van der Waals surface area contributed by atoms with Crippen molar-refractivity contribution in [3.8, 4) is 5.75 Å². The number of hydrogen-bond donors (Lipinski definition) is 2. The number of carbonyl (C=O) groups is 3. The van der Waals surface area contributed by atoms with Gasteiger partial charge < -0.3 is 25.3 Å². The minimum absolute atomic E-state index is 0.0296. The predicted octanol–water partition coefficient (Wildman–Crippen LogP) is 2.17. The first kappa shape index (κ1) is 20.9. The molecule has 2 aliphatic rings. The first-order valence-corrected chi connectivity index (χ1v) is 9.84. The van der Waals surface area contributed by atoms with E-state index in [2.05, 4.69) is 21.2 Å². The lowest BCUT2D eigenvalue weighted by Gasteiger charge is -2.36. The van der Waals surface area contributed by atoms with Crippen LogP contribution in [-0.4, -0.2) is 31.6 Å². The van der Waals surface area contributed by atoms with Crippen molar-refractivity contribution in [1.82, 2.24) is 5.32 Å². The minimum atomic E-state index is -1.85. The molecule has 0 radical (unpaired) electrons. The number of unbranched alkanes of at least 4 members (excludes halogenated alkanes) is 1. The number of esters is 2. The van der Waals surface area contributed by atoms with E-state index in [4.69, 9.17) is 19.9 Å². The Hall–Kier alpha value is -2.81. The summed E-state index contributed by atoms with van der Waals surface area (Å²) < 4.78 is 16.5. The molecule has 1 spiro atoms. The number of methoxy groups -OCH3 is 1. The molecule has 154 valence electrons. The van der Waals surface area contributed by atoms with Gasteiger partial charge in [0.25, 0.3) is 0 Å². The van der Waals surface area contributed by atoms with Crippen LogP contribution < -0.4 is 15.8 Å². The summed E-state index contributed by atoms with van der Waals surface area (Å²) in [6.07, 6.45) is 1.45. The van der Waals surface area contributed by atoms with Crippen LogP contribution >= 0.6 is 15.9 Å². The molecule has 3 N–H and O–H groups in total. The first-order chi connectivity index (χ1) is 13.8. The van der Waals surface area contributed by atoms with Crippen molar-refractivity contribution in [2.45, 2.75) is 32.1 Å². The van der Waals surface area contributed by atoms with Gasteiger partial charge in [-0.15, -0.1) is 0 Å². The molecular weight excluding hydrogens is 444 g/mol. The van der Waals surface area contributed by atoms with Crippen LogP contribution in [0.2, 0.25) is 0 Å². The van der Waals surface area contributed by atoms with Crippen molar-refractivity contribution in [1.29, 1.82) is 0 Å². The summed E-state index contributed by atoms with van der Waals surface area (Å²) in [5, 5.41) is 2.65. The second-order valence-corrected chi connectivity index (χ2v) is 7.58. The predicted molar refractivity (Wildman–Crippen MR) is 106 cm³/mol. The fourth-order valence-electron chi connectivity index (χ4n) is 3.63. The van der Waals surface area contributed by atoms with E-state index in [1.807, 2.05) is 6.92 Å². The van der Waals surface area contributed by atoms with Gasteiger partial charge in [-0.1, -0.05) is 29.3 Å². The quantitative estimate of drug-likeness (QED) is 0.506. The number of allylic oxidation sites excluding steroid dienone is 1. The lowest BCUT2D eigenvalue weighted by Crippen LogP contribution is -2.49. The molecule has 8 nitrogen and oxygen atoms in total. The molecule has 0 saturated heterocycles. The Balaban J connectivity index is 2.31. The second kappa shape index (κ2) is 7.90. The zero-order chi connectivity index (χ0) is 21.3. The highest BCUT2D eigenvalue weighted by Gasteiger charge is 2.61. The van der Waals surface area contributed by atoms with Gasteiger partial charge in [-0.2, -0.15) is 0 Å². The van der Waals surface area contributed by atoms with Gasteiger partial charge in [0.05, 0.1) is 19.3 Å². The molecule has 1 atom stereocenters. The molecule has 3 rings (SSSR count). The van der Waals surface area contributed by atoms with E-state index in [-0.39, 0.29) is 35.1 Å². The van der Waals surface area contributed by atoms with E-state index in [0.29, 0.717) is 16.5 Å². The Morgan fingerprint density at radius 1 is 1.28 bits per heavy atom. The van der Waals surface area contributed by atoms with Crippen LogP contribution in [0, 0.1) is 0 Å². The molecule has 2 aliphatic heterocycles. The van der Waals surface area contributed by atoms with Crippen molar-refractivity contribution >= 4 is 33.8 Å². The standard InChI is InChI=1S/C20H21BrN2O6/c1-4-5-8-28-18(25)15-16(22)29-13-7-6-11(21)9-12(13)20(15)14(17(24)27-3)10(2)23-19(20)26/h6-7,9H,4-5,8,22H2,1-3H3,(H,23,26)/t20-/m1/s1. The Morgan fingerprint density at radius 3 is 2.66 bits per heavy atom. The Labute approximate surface area is 176 Å². The molecule has 29 heavy (non-hydrogen) atoms. The highest BCUT2D eigenvalue weighted by molar-refractivity contribution is 9.10. The smallest absolute Gasteiger partial charge is 0.341 e. The lowest BCUT2D eigenvalue weighted by atomic mass is 9.67. The van der Waals surface area contributed by atoms with Gasteiger partial charge in [0.15, 0.2) is 0 Å². The first-order valence-electron chi connectivity index (χ1n) is 9.05. The number of rotatable bonds is 5. The molecule has 0 saturated carbocycles. The average molecular weight is 465 g/mol. The highest BCUT2D eigenvalue weighted by Crippen LogP contribution is 2.52. The van der Waals surface area contributed by atoms with Gasteiger partial charge in [-0.05, 0) is 31.5 Å². The van der Waals surface area contributed by atoms with Crippen molar-refractivity contribution < 1.29 is 28.6 Å². The van der Waals surface area contributed by atoms with Crippen LogP contribution in [0.3, 0.4) is 0 Å². The van der Waals surface area contributed by atoms with Gasteiger partial charge in [0, 0.05) is 15.7 Å². The third-order valence-corrected chi connectivity index (χ3v) is 5.40. The number of hydrogen-bond acceptors (Lipinski definition) is 7. The number of fused-ring (bicyclic) bond motifs is 2. The van der Waals surface area contributed by atoms with Crippen molar-refractivity contribution in [3.63, 3.8) is 0 Å². The summed E-state index contributed by atoms with van der Waals surface area (Å²) in [5.41, 5.74) is 4.53. The fourth-order valence-corrected chi connectivity index (χ4v) is 3.99. The average Bonchev–Trinajstić information content (AvgIpc) is 2.92. The zero-order valence-corrected chi connectivity index (χ0v) is 17.8. The number of nitrogens with one attached hydrogen (secondary N) is 1. The molecule has 1 aromatic carbocycles. The fraction of sp³-hybridized carbons (Fsp3) is 0.350. The van der Waals surface area contributed by atoms with Crippen LogP contribution in [0.25, 0.3) is 0 Å². The van der Waals surface area contributed by atoms with Gasteiger partial charge in [0.2, 0.25) is 11.8 Å². The SMILES string of the molecule is CCCCOC(=O)C1=C(N)Oc2ccc(Br)cc2[C@]12C(=O)NC(C)=C2C(=O)OC. The molecular formula is C20H21BrN2O6. The third kappa shape index (κ3) is 3.19. The topological polar surface area (TPSA) is 117 Å². The second-order valence-electron chi connectivity index (χ2n) is 6.67. The van der Waals surface area contributed by atoms with Crippen LogP contribution in [-0.2, 0) is 29.3 Å². The molecule has 0 unspecified atom stereocenters. The summed E-state index contributed by atoms with van der Waals surface area (Å²) in [5.74, 6) is -2.24. The van der Waals surface area contributed by atoms with Crippen LogP contribution in [0.4, 0.5) is 0 Å². The van der Waals surface area contributed by atoms with Crippen LogP contribution in [0.15, 0.2) is 45.4 Å². The number of amides is 1. The van der Waals surface area contributed by atoms with Crippen LogP contribution in [0.1, 0.15) is 32.3 Å². The molecule has 9 heteroatoms. The molecule has 1 aromatic rings. The Bertz CT molecular complexity index is 968. The van der Waals surface area contributed by atoms with E-state index >= 15 is 0 Å².